The topological polar surface area (TPSA) is 72.3 Å². The molecule has 0 bridgehead atoms. The summed E-state index contributed by atoms with van der Waals surface area (Å²) >= 11 is 0. The average Bonchev–Trinajstić information content (AvgIpc) is 3.19. The second-order valence-corrected chi connectivity index (χ2v) is 9.83. The van der Waals surface area contributed by atoms with Gasteiger partial charge in [0.1, 0.15) is 17.3 Å². The summed E-state index contributed by atoms with van der Waals surface area (Å²) in [6.45, 7) is 10.3. The lowest BCUT2D eigenvalue weighted by Gasteiger charge is -2.18. The van der Waals surface area contributed by atoms with Crippen LogP contribution in [0.25, 0.3) is 11.0 Å². The molecule has 1 N–H and O–H groups in total. The van der Waals surface area contributed by atoms with Crippen molar-refractivity contribution in [2.24, 2.45) is 7.05 Å². The number of ketones is 1. The third-order valence-electron chi connectivity index (χ3n) is 6.52. The van der Waals surface area contributed by atoms with Crippen LogP contribution in [0.4, 0.5) is 16.0 Å². The van der Waals surface area contributed by atoms with Crippen molar-refractivity contribution >= 4 is 28.5 Å². The summed E-state index contributed by atoms with van der Waals surface area (Å²) < 4.78 is 22.2. The number of likely N-dealkylation sites (N-methyl/N-ethyl adjacent to an activating group) is 1. The fourth-order valence-electron chi connectivity index (χ4n) is 4.47. The van der Waals surface area contributed by atoms with E-state index in [0.717, 1.165) is 36.2 Å². The summed E-state index contributed by atoms with van der Waals surface area (Å²) in [5, 5.41) is 3.31. The molecule has 0 aliphatic heterocycles. The van der Waals surface area contributed by atoms with E-state index in [-0.39, 0.29) is 23.9 Å². The number of anilines is 2. The SMILES string of the molecule is CCCN(CC)CC(=O)Cc1cc(Oc2ccc3c(c2)nc(Nc2ccc(F)c(C(C)C)c2)n3C)ccn1. The molecule has 0 atom stereocenters. The first kappa shape index (κ1) is 27.3. The Labute approximate surface area is 223 Å². The molecule has 0 fully saturated rings. The van der Waals surface area contributed by atoms with Crippen LogP contribution in [0.15, 0.2) is 54.7 Å². The minimum atomic E-state index is -0.208. The Bertz CT molecular complexity index is 1420. The first-order valence-electron chi connectivity index (χ1n) is 13.2. The number of pyridine rings is 1. The van der Waals surface area contributed by atoms with E-state index in [1.54, 1.807) is 18.3 Å². The molecule has 2 aromatic heterocycles. The largest absolute Gasteiger partial charge is 0.457 e. The molecule has 0 unspecified atom stereocenters. The number of carbonyl (C=O) groups is 1. The molecule has 4 aromatic rings. The molecule has 2 heterocycles. The van der Waals surface area contributed by atoms with Crippen LogP contribution in [-0.4, -0.2) is 44.9 Å². The van der Waals surface area contributed by atoms with Gasteiger partial charge < -0.3 is 14.6 Å². The number of benzene rings is 2. The zero-order valence-electron chi connectivity index (χ0n) is 22.8. The maximum Gasteiger partial charge on any atom is 0.208 e. The molecule has 200 valence electrons. The van der Waals surface area contributed by atoms with Gasteiger partial charge in [0, 0.05) is 31.1 Å². The number of rotatable bonds is 12. The van der Waals surface area contributed by atoms with Crippen molar-refractivity contribution in [3.05, 3.63) is 71.8 Å². The van der Waals surface area contributed by atoms with E-state index in [1.165, 1.54) is 6.07 Å². The first-order chi connectivity index (χ1) is 18.3. The van der Waals surface area contributed by atoms with E-state index in [4.69, 9.17) is 9.72 Å². The molecule has 38 heavy (non-hydrogen) atoms. The quantitative estimate of drug-likeness (QED) is 0.228. The smallest absolute Gasteiger partial charge is 0.208 e. The molecular weight excluding hydrogens is 481 g/mol. The van der Waals surface area contributed by atoms with Gasteiger partial charge in [-0.15, -0.1) is 0 Å². The number of aryl methyl sites for hydroxylation is 1. The van der Waals surface area contributed by atoms with Gasteiger partial charge in [0.2, 0.25) is 5.95 Å². The van der Waals surface area contributed by atoms with Gasteiger partial charge >= 0.3 is 0 Å². The number of hydrogen-bond donors (Lipinski definition) is 1. The molecule has 0 aliphatic carbocycles. The van der Waals surface area contributed by atoms with Crippen LogP contribution in [0.3, 0.4) is 0 Å². The molecule has 7 nitrogen and oxygen atoms in total. The molecule has 0 radical (unpaired) electrons. The number of nitrogens with one attached hydrogen (secondary N) is 1. The lowest BCUT2D eigenvalue weighted by molar-refractivity contribution is -0.119. The summed E-state index contributed by atoms with van der Waals surface area (Å²) in [4.78, 5) is 23.8. The Kier molecular flexibility index (Phi) is 8.73. The molecule has 0 saturated carbocycles. The van der Waals surface area contributed by atoms with Crippen molar-refractivity contribution in [3.8, 4) is 11.5 Å². The highest BCUT2D eigenvalue weighted by Crippen LogP contribution is 2.29. The molecule has 2 aromatic carbocycles. The molecule has 4 rings (SSSR count). The predicted octanol–water partition coefficient (Wildman–Crippen LogP) is 6.61. The van der Waals surface area contributed by atoms with Crippen molar-refractivity contribution in [1.82, 2.24) is 19.4 Å². The van der Waals surface area contributed by atoms with E-state index >= 15 is 0 Å². The van der Waals surface area contributed by atoms with Crippen molar-refractivity contribution < 1.29 is 13.9 Å². The van der Waals surface area contributed by atoms with Crippen molar-refractivity contribution in [3.63, 3.8) is 0 Å². The van der Waals surface area contributed by atoms with Gasteiger partial charge in [0.05, 0.1) is 29.7 Å². The van der Waals surface area contributed by atoms with Gasteiger partial charge in [-0.25, -0.2) is 9.37 Å². The van der Waals surface area contributed by atoms with Crippen LogP contribution in [-0.2, 0) is 18.3 Å². The Balaban J connectivity index is 1.48. The number of imidazole rings is 1. The fourth-order valence-corrected chi connectivity index (χ4v) is 4.47. The van der Waals surface area contributed by atoms with Crippen LogP contribution >= 0.6 is 0 Å². The van der Waals surface area contributed by atoms with Crippen LogP contribution < -0.4 is 10.1 Å². The number of ether oxygens (including phenoxy) is 1. The maximum atomic E-state index is 14.1. The van der Waals surface area contributed by atoms with Crippen LogP contribution in [0, 0.1) is 5.82 Å². The van der Waals surface area contributed by atoms with E-state index in [0.29, 0.717) is 35.2 Å². The fraction of sp³-hybridized carbons (Fsp3) is 0.367. The monoisotopic (exact) mass is 517 g/mol. The lowest BCUT2D eigenvalue weighted by Crippen LogP contribution is -2.31. The number of fused-ring (bicyclic) bond motifs is 1. The third kappa shape index (κ3) is 6.55. The Morgan fingerprint density at radius 1 is 1.11 bits per heavy atom. The summed E-state index contributed by atoms with van der Waals surface area (Å²) in [5.41, 5.74) is 3.82. The minimum Gasteiger partial charge on any atom is -0.457 e. The zero-order chi connectivity index (χ0) is 27.2. The first-order valence-corrected chi connectivity index (χ1v) is 13.2. The lowest BCUT2D eigenvalue weighted by atomic mass is 10.0. The van der Waals surface area contributed by atoms with E-state index in [9.17, 15) is 9.18 Å². The number of aromatic nitrogens is 3. The van der Waals surface area contributed by atoms with E-state index in [1.807, 2.05) is 55.8 Å². The van der Waals surface area contributed by atoms with Gasteiger partial charge in [-0.2, -0.15) is 0 Å². The number of carbonyl (C=O) groups excluding carboxylic acids is 1. The summed E-state index contributed by atoms with van der Waals surface area (Å²) in [6, 6.07) is 14.3. The van der Waals surface area contributed by atoms with Gasteiger partial charge in [-0.3, -0.25) is 14.7 Å². The number of nitrogens with zero attached hydrogens (tertiary/aromatic N) is 4. The number of hydrogen-bond acceptors (Lipinski definition) is 6. The van der Waals surface area contributed by atoms with Crippen LogP contribution in [0.2, 0.25) is 0 Å². The highest BCUT2D eigenvalue weighted by molar-refractivity contribution is 5.82. The Morgan fingerprint density at radius 2 is 1.89 bits per heavy atom. The third-order valence-corrected chi connectivity index (χ3v) is 6.52. The highest BCUT2D eigenvalue weighted by Gasteiger charge is 2.14. The average molecular weight is 518 g/mol. The molecule has 8 heteroatoms. The Morgan fingerprint density at radius 3 is 2.63 bits per heavy atom. The Hall–Kier alpha value is -3.78. The van der Waals surface area contributed by atoms with E-state index in [2.05, 4.69) is 29.0 Å². The predicted molar refractivity (Wildman–Crippen MR) is 150 cm³/mol. The van der Waals surface area contributed by atoms with Crippen LogP contribution in [0.5, 0.6) is 11.5 Å². The van der Waals surface area contributed by atoms with Gasteiger partial charge in [0.25, 0.3) is 0 Å². The second-order valence-electron chi connectivity index (χ2n) is 9.83. The van der Waals surface area contributed by atoms with Gasteiger partial charge in [-0.1, -0.05) is 27.7 Å². The number of halogens is 1. The second kappa shape index (κ2) is 12.2. The molecule has 0 spiro atoms. The zero-order valence-corrected chi connectivity index (χ0v) is 22.8. The van der Waals surface area contributed by atoms with E-state index < -0.39 is 0 Å². The normalized spacial score (nSPS) is 11.5. The number of Topliss-reactive ketones (excluding diaryl/α,β-unsaturated/α-hetero) is 1. The van der Waals surface area contributed by atoms with Crippen molar-refractivity contribution in [2.75, 3.05) is 25.0 Å². The summed E-state index contributed by atoms with van der Waals surface area (Å²) in [5.74, 6) is 1.91. The maximum absolute atomic E-state index is 14.1. The van der Waals surface area contributed by atoms with Crippen molar-refractivity contribution in [1.29, 1.82) is 0 Å². The van der Waals surface area contributed by atoms with Crippen LogP contribution in [0.1, 0.15) is 51.3 Å². The van der Waals surface area contributed by atoms with Crippen molar-refractivity contribution in [2.45, 2.75) is 46.5 Å². The molecular formula is C30H36FN5O2. The molecule has 0 amide bonds. The van der Waals surface area contributed by atoms with Gasteiger partial charge in [-0.05, 0) is 67.4 Å². The summed E-state index contributed by atoms with van der Waals surface area (Å²) in [7, 11) is 1.93. The molecule has 0 aliphatic rings. The summed E-state index contributed by atoms with van der Waals surface area (Å²) in [6.07, 6.45) is 2.96. The minimum absolute atomic E-state index is 0.0795. The highest BCUT2D eigenvalue weighted by atomic mass is 19.1. The standard InChI is InChI=1S/C30H36FN5O2/c1-6-14-36(7-2)19-23(37)15-22-16-25(12-13-32-22)38-24-9-11-29-28(18-24)34-30(35(29)5)33-21-8-10-27(31)26(17-21)20(3)4/h8-13,16-18,20H,6-7,14-15,19H2,1-5H3,(H,33,34). The van der Waals surface area contributed by atoms with Gasteiger partial charge in [0.15, 0.2) is 5.78 Å². The molecule has 0 saturated heterocycles.